The van der Waals surface area contributed by atoms with Gasteiger partial charge in [0, 0.05) is 30.9 Å². The van der Waals surface area contributed by atoms with E-state index in [-0.39, 0.29) is 0 Å². The van der Waals surface area contributed by atoms with Gasteiger partial charge in [-0.05, 0) is 26.4 Å². The zero-order valence-corrected chi connectivity index (χ0v) is 13.0. The van der Waals surface area contributed by atoms with Crippen LogP contribution in [0.4, 0.5) is 0 Å². The van der Waals surface area contributed by atoms with Gasteiger partial charge in [-0.1, -0.05) is 36.4 Å². The maximum absolute atomic E-state index is 2.40. The molecule has 3 heteroatoms. The van der Waals surface area contributed by atoms with Gasteiger partial charge in [0.25, 0.3) is 0 Å². The zero-order chi connectivity index (χ0) is 13.1. The van der Waals surface area contributed by atoms with Gasteiger partial charge >= 0.3 is 0 Å². The van der Waals surface area contributed by atoms with Crippen molar-refractivity contribution in [1.82, 2.24) is 0 Å². The third-order valence-electron chi connectivity index (χ3n) is 3.72. The van der Waals surface area contributed by atoms with E-state index in [1.165, 1.54) is 48.0 Å². The van der Waals surface area contributed by atoms with Crippen LogP contribution >= 0.6 is 30.9 Å². The summed E-state index contributed by atoms with van der Waals surface area (Å²) in [6, 6.07) is 19.9. The van der Waals surface area contributed by atoms with Crippen molar-refractivity contribution < 1.29 is 0 Å². The summed E-state index contributed by atoms with van der Waals surface area (Å²) in [6.45, 7) is 0. The highest BCUT2D eigenvalue weighted by atomic mass is 32.1. The molecule has 5 aromatic rings. The van der Waals surface area contributed by atoms with Gasteiger partial charge in [-0.25, -0.2) is 0 Å². The van der Waals surface area contributed by atoms with Crippen molar-refractivity contribution >= 4 is 70.7 Å². The Labute approximate surface area is 125 Å². The van der Waals surface area contributed by atoms with Gasteiger partial charge in [0.1, 0.15) is 0 Å². The van der Waals surface area contributed by atoms with Gasteiger partial charge in [0.15, 0.2) is 0 Å². The molecule has 94 valence electrons. The quantitative estimate of drug-likeness (QED) is 0.289. The third-order valence-corrected chi connectivity index (χ3v) is 7.68. The van der Waals surface area contributed by atoms with E-state index in [1.54, 1.807) is 0 Å². The van der Waals surface area contributed by atoms with Crippen molar-refractivity contribution in [2.24, 2.45) is 0 Å². The average molecular weight is 308 g/mol. The van der Waals surface area contributed by atoms with Crippen LogP contribution in [0.2, 0.25) is 0 Å². The molecule has 3 aromatic heterocycles. The van der Waals surface area contributed by atoms with E-state index in [0.29, 0.717) is 0 Å². The van der Waals surface area contributed by atoms with E-state index >= 15 is 0 Å². The van der Waals surface area contributed by atoms with Crippen molar-refractivity contribution in [2.75, 3.05) is 0 Å². The van der Waals surface area contributed by atoms with E-state index in [4.69, 9.17) is 0 Å². The van der Waals surface area contributed by atoms with Crippen LogP contribution in [0.3, 0.4) is 0 Å². The van der Waals surface area contributed by atoms with E-state index in [9.17, 15) is 0 Å². The Morgan fingerprint density at radius 2 is 1.10 bits per heavy atom. The Kier molecular flexibility index (Phi) is 2.25. The molecular formula is C17H9PS2. The number of benzene rings is 2. The second-order valence-corrected chi connectivity index (χ2v) is 8.72. The highest BCUT2D eigenvalue weighted by Gasteiger charge is 2.10. The molecule has 0 N–H and O–H groups in total. The number of thiophene rings is 2. The van der Waals surface area contributed by atoms with Crippen molar-refractivity contribution in [3.05, 3.63) is 54.6 Å². The summed E-state index contributed by atoms with van der Waals surface area (Å²) in [4.78, 5) is 0. The highest BCUT2D eigenvalue weighted by molar-refractivity contribution is 7.60. The average Bonchev–Trinajstić information content (AvgIpc) is 3.02. The van der Waals surface area contributed by atoms with E-state index in [1.807, 2.05) is 22.7 Å². The van der Waals surface area contributed by atoms with Crippen molar-refractivity contribution in [2.45, 2.75) is 0 Å². The Balaban J connectivity index is 2.06. The molecule has 0 amide bonds. The normalized spacial score (nSPS) is 12.0. The fourth-order valence-electron chi connectivity index (χ4n) is 2.79. The SMILES string of the molecule is c1ccc2c(c1)sc1pc3sc4ccccc4c3cc12. The number of fused-ring (bicyclic) bond motifs is 6. The van der Waals surface area contributed by atoms with Crippen LogP contribution in [0, 0.1) is 0 Å². The molecule has 2 aromatic carbocycles. The molecule has 0 aliphatic heterocycles. The van der Waals surface area contributed by atoms with E-state index in [0.717, 1.165) is 0 Å². The summed E-state index contributed by atoms with van der Waals surface area (Å²) in [5, 5.41) is 5.67. The predicted octanol–water partition coefficient (Wildman–Crippen LogP) is 7.00. The van der Waals surface area contributed by atoms with Gasteiger partial charge < -0.3 is 0 Å². The predicted molar refractivity (Wildman–Crippen MR) is 94.7 cm³/mol. The minimum atomic E-state index is 1.38. The molecule has 5 rings (SSSR count). The summed E-state index contributed by atoms with van der Waals surface area (Å²) in [5.74, 6) is 0. The van der Waals surface area contributed by atoms with Crippen LogP contribution in [-0.4, -0.2) is 0 Å². The molecule has 0 atom stereocenters. The van der Waals surface area contributed by atoms with E-state index in [2.05, 4.69) is 54.6 Å². The molecule has 0 nitrogen and oxygen atoms in total. The van der Waals surface area contributed by atoms with Crippen molar-refractivity contribution in [3.8, 4) is 0 Å². The van der Waals surface area contributed by atoms with Gasteiger partial charge in [-0.15, -0.1) is 22.7 Å². The minimum absolute atomic E-state index is 1.38. The molecule has 3 heterocycles. The van der Waals surface area contributed by atoms with Crippen LogP contribution in [0.5, 0.6) is 0 Å². The molecule has 0 unspecified atom stereocenters. The summed E-state index contributed by atoms with van der Waals surface area (Å²) < 4.78 is 5.79. The van der Waals surface area contributed by atoms with E-state index < -0.39 is 0 Å². The molecule has 0 spiro atoms. The molecule has 0 radical (unpaired) electrons. The lowest BCUT2D eigenvalue weighted by Gasteiger charge is -1.93. The second-order valence-electron chi connectivity index (χ2n) is 4.89. The van der Waals surface area contributed by atoms with Gasteiger partial charge in [-0.3, -0.25) is 0 Å². The fourth-order valence-corrected chi connectivity index (χ4v) is 7.10. The fraction of sp³-hybridized carbons (Fsp3) is 0. The molecule has 0 bridgehead atoms. The molecular weight excluding hydrogens is 299 g/mol. The van der Waals surface area contributed by atoms with Crippen LogP contribution in [0.25, 0.3) is 39.8 Å². The third kappa shape index (κ3) is 1.44. The first kappa shape index (κ1) is 11.2. The Hall–Kier alpha value is -1.47. The Morgan fingerprint density at radius 3 is 1.65 bits per heavy atom. The lowest BCUT2D eigenvalue weighted by atomic mass is 10.1. The van der Waals surface area contributed by atoms with Gasteiger partial charge in [-0.2, -0.15) is 0 Å². The monoisotopic (exact) mass is 308 g/mol. The summed E-state index contributed by atoms with van der Waals surface area (Å²) in [6.07, 6.45) is 0. The van der Waals surface area contributed by atoms with Crippen LogP contribution in [0.1, 0.15) is 0 Å². The highest BCUT2D eigenvalue weighted by Crippen LogP contribution is 2.46. The maximum Gasteiger partial charge on any atom is 0.0640 e. The molecule has 0 fully saturated rings. The standard InChI is InChI=1S/C17H9PS2/c1-3-7-14-10(5-1)12-9-13-11-6-2-4-8-15(11)20-17(13)18-16(12)19-14/h1-9H. The maximum atomic E-state index is 2.40. The lowest BCUT2D eigenvalue weighted by molar-refractivity contribution is 1.86. The smallest absolute Gasteiger partial charge is 0.0640 e. The summed E-state index contributed by atoms with van der Waals surface area (Å²) >= 11 is 3.87. The first-order chi connectivity index (χ1) is 9.90. The lowest BCUT2D eigenvalue weighted by Crippen LogP contribution is -1.65. The molecule has 0 aliphatic rings. The number of hydrogen-bond donors (Lipinski definition) is 0. The largest absolute Gasteiger partial charge is 0.130 e. The Bertz CT molecular complexity index is 1020. The second kappa shape index (κ2) is 4.02. The number of hydrogen-bond acceptors (Lipinski definition) is 2. The van der Waals surface area contributed by atoms with Crippen LogP contribution < -0.4 is 0 Å². The van der Waals surface area contributed by atoms with Crippen LogP contribution in [-0.2, 0) is 0 Å². The van der Waals surface area contributed by atoms with Gasteiger partial charge in [0.05, 0.1) is 8.86 Å². The molecule has 0 aliphatic carbocycles. The van der Waals surface area contributed by atoms with Gasteiger partial charge in [0.2, 0.25) is 0 Å². The van der Waals surface area contributed by atoms with Crippen LogP contribution in [0.15, 0.2) is 54.6 Å². The zero-order valence-electron chi connectivity index (χ0n) is 10.5. The van der Waals surface area contributed by atoms with Crippen molar-refractivity contribution in [1.29, 1.82) is 0 Å². The molecule has 0 saturated heterocycles. The summed E-state index contributed by atoms with van der Waals surface area (Å²) in [5.41, 5.74) is 0. The number of rotatable bonds is 0. The molecule has 0 saturated carbocycles. The first-order valence-corrected chi connectivity index (χ1v) is 9.02. The topological polar surface area (TPSA) is 0 Å². The minimum Gasteiger partial charge on any atom is -0.130 e. The summed E-state index contributed by atoms with van der Waals surface area (Å²) in [7, 11) is 1.38. The molecule has 20 heavy (non-hydrogen) atoms. The van der Waals surface area contributed by atoms with Crippen molar-refractivity contribution in [3.63, 3.8) is 0 Å². The first-order valence-electron chi connectivity index (χ1n) is 6.50. The Morgan fingerprint density at radius 1 is 0.600 bits per heavy atom.